The number of aryl methyl sites for hydroxylation is 1. The molecule has 0 radical (unpaired) electrons. The molecular weight excluding hydrogens is 435 g/mol. The van der Waals surface area contributed by atoms with Gasteiger partial charge >= 0.3 is 0 Å². The van der Waals surface area contributed by atoms with Crippen LogP contribution >= 0.6 is 34.7 Å². The van der Waals surface area contributed by atoms with E-state index in [4.69, 9.17) is 11.6 Å². The van der Waals surface area contributed by atoms with Gasteiger partial charge in [0.25, 0.3) is 0 Å². The Labute approximate surface area is 164 Å². The number of anilines is 2. The van der Waals surface area contributed by atoms with E-state index in [1.165, 1.54) is 0 Å². The van der Waals surface area contributed by atoms with E-state index in [1.807, 2.05) is 43.3 Å². The fraction of sp³-hybridized carbons (Fsp3) is 0.167. The molecule has 0 amide bonds. The summed E-state index contributed by atoms with van der Waals surface area (Å²) in [6.45, 7) is 1.95. The van der Waals surface area contributed by atoms with E-state index >= 15 is 0 Å². The number of hydrogen-bond donors (Lipinski definition) is 1. The van der Waals surface area contributed by atoms with Crippen LogP contribution in [0.2, 0.25) is 5.28 Å². The number of nitrogens with zero attached hydrogens (tertiary/aromatic N) is 3. The number of rotatable bonds is 3. The van der Waals surface area contributed by atoms with Gasteiger partial charge in [0.1, 0.15) is 13.0 Å². The van der Waals surface area contributed by atoms with Crippen LogP contribution in [0.4, 0.5) is 11.5 Å². The van der Waals surface area contributed by atoms with Crippen LogP contribution < -0.4 is 10.6 Å². The van der Waals surface area contributed by atoms with Crippen molar-refractivity contribution in [3.63, 3.8) is 0 Å². The number of pyridine rings is 1. The van der Waals surface area contributed by atoms with Gasteiger partial charge in [0.2, 0.25) is 5.28 Å². The van der Waals surface area contributed by atoms with Crippen molar-refractivity contribution in [3.05, 3.63) is 58.1 Å². The Kier molecular flexibility index (Phi) is 4.59. The summed E-state index contributed by atoms with van der Waals surface area (Å²) in [6, 6.07) is 7.78. The maximum Gasteiger partial charge on any atom is 0.224 e. The van der Waals surface area contributed by atoms with Crippen molar-refractivity contribution >= 4 is 62.4 Å². The lowest BCUT2D eigenvalue weighted by molar-refractivity contribution is 0.586. The molecule has 0 saturated heterocycles. The SMILES string of the molecule is Cc1ccc2c(P3(=O)CC=CC3)c(Nc3nc(Cl)ncc3Br)ccc2n1. The molecule has 0 atom stereocenters. The lowest BCUT2D eigenvalue weighted by Crippen LogP contribution is -2.15. The van der Waals surface area contributed by atoms with E-state index in [1.54, 1.807) is 6.20 Å². The Morgan fingerprint density at radius 3 is 2.69 bits per heavy atom. The van der Waals surface area contributed by atoms with Crippen molar-refractivity contribution in [2.24, 2.45) is 0 Å². The molecule has 0 fully saturated rings. The first kappa shape index (κ1) is 17.7. The van der Waals surface area contributed by atoms with Crippen molar-refractivity contribution < 1.29 is 4.57 Å². The largest absolute Gasteiger partial charge is 0.339 e. The smallest absolute Gasteiger partial charge is 0.224 e. The van der Waals surface area contributed by atoms with Crippen molar-refractivity contribution in [2.45, 2.75) is 6.92 Å². The summed E-state index contributed by atoms with van der Waals surface area (Å²) in [5.41, 5.74) is 2.52. The molecule has 0 bridgehead atoms. The van der Waals surface area contributed by atoms with E-state index in [0.717, 1.165) is 27.6 Å². The summed E-state index contributed by atoms with van der Waals surface area (Å²) < 4.78 is 14.4. The fourth-order valence-corrected chi connectivity index (χ4v) is 6.25. The first-order valence-corrected chi connectivity index (χ1v) is 11.3. The molecule has 4 rings (SSSR count). The Balaban J connectivity index is 1.93. The zero-order valence-corrected chi connectivity index (χ0v) is 17.1. The molecule has 1 aliphatic rings. The average Bonchev–Trinajstić information content (AvgIpc) is 3.05. The average molecular weight is 450 g/mol. The van der Waals surface area contributed by atoms with Crippen LogP contribution in [0.1, 0.15) is 5.69 Å². The molecule has 2 aromatic heterocycles. The molecular formula is C18H15BrClN4OP. The second-order valence-corrected chi connectivity index (χ2v) is 10.3. The molecule has 0 aliphatic carbocycles. The fourth-order valence-electron chi connectivity index (χ4n) is 3.14. The monoisotopic (exact) mass is 448 g/mol. The van der Waals surface area contributed by atoms with Crippen molar-refractivity contribution in [3.8, 4) is 0 Å². The highest BCUT2D eigenvalue weighted by molar-refractivity contribution is 9.10. The van der Waals surface area contributed by atoms with Crippen molar-refractivity contribution in [2.75, 3.05) is 17.6 Å². The zero-order valence-electron chi connectivity index (χ0n) is 13.9. The summed E-state index contributed by atoms with van der Waals surface area (Å²) in [7, 11) is -2.59. The molecule has 1 aromatic carbocycles. The molecule has 3 aromatic rings. The molecule has 26 heavy (non-hydrogen) atoms. The lowest BCUT2D eigenvalue weighted by atomic mass is 10.2. The van der Waals surface area contributed by atoms with Crippen LogP contribution in [-0.2, 0) is 4.57 Å². The molecule has 0 unspecified atom stereocenters. The number of fused-ring (bicyclic) bond motifs is 1. The van der Waals surface area contributed by atoms with Crippen LogP contribution in [0.25, 0.3) is 10.9 Å². The summed E-state index contributed by atoms with van der Waals surface area (Å²) in [4.78, 5) is 12.8. The summed E-state index contributed by atoms with van der Waals surface area (Å²) >= 11 is 9.36. The maximum absolute atomic E-state index is 13.7. The minimum atomic E-state index is -2.59. The normalized spacial score (nSPS) is 15.5. The number of aromatic nitrogens is 3. The molecule has 132 valence electrons. The molecule has 5 nitrogen and oxygen atoms in total. The van der Waals surface area contributed by atoms with Gasteiger partial charge in [0.15, 0.2) is 0 Å². The van der Waals surface area contributed by atoms with Crippen LogP contribution in [0.15, 0.2) is 47.1 Å². The van der Waals surface area contributed by atoms with E-state index in [0.29, 0.717) is 22.6 Å². The number of nitrogens with one attached hydrogen (secondary N) is 1. The van der Waals surface area contributed by atoms with Gasteiger partial charge in [-0.1, -0.05) is 18.2 Å². The zero-order chi connectivity index (χ0) is 18.3. The third-order valence-electron chi connectivity index (χ3n) is 4.32. The third-order valence-corrected chi connectivity index (χ3v) is 7.99. The Bertz CT molecular complexity index is 1090. The Hall–Kier alpha value is -1.75. The summed E-state index contributed by atoms with van der Waals surface area (Å²) in [6.07, 6.45) is 6.67. The molecule has 1 N–H and O–H groups in total. The van der Waals surface area contributed by atoms with Gasteiger partial charge in [0, 0.05) is 34.9 Å². The van der Waals surface area contributed by atoms with E-state index in [-0.39, 0.29) is 5.28 Å². The van der Waals surface area contributed by atoms with E-state index < -0.39 is 7.14 Å². The number of hydrogen-bond acceptors (Lipinski definition) is 5. The van der Waals surface area contributed by atoms with Gasteiger partial charge in [-0.05, 0) is 52.7 Å². The second kappa shape index (κ2) is 6.76. The van der Waals surface area contributed by atoms with Gasteiger partial charge in [-0.15, -0.1) is 0 Å². The van der Waals surface area contributed by atoms with E-state index in [9.17, 15) is 4.57 Å². The van der Waals surface area contributed by atoms with Crippen molar-refractivity contribution in [1.82, 2.24) is 15.0 Å². The van der Waals surface area contributed by atoms with E-state index in [2.05, 4.69) is 36.2 Å². The van der Waals surface area contributed by atoms with Crippen LogP contribution in [-0.4, -0.2) is 27.3 Å². The molecule has 0 saturated carbocycles. The molecule has 0 spiro atoms. The second-order valence-electron chi connectivity index (χ2n) is 6.17. The van der Waals surface area contributed by atoms with Crippen LogP contribution in [0.3, 0.4) is 0 Å². The highest BCUT2D eigenvalue weighted by atomic mass is 79.9. The minimum absolute atomic E-state index is 0.143. The summed E-state index contributed by atoms with van der Waals surface area (Å²) in [5, 5.41) is 5.14. The Morgan fingerprint density at radius 2 is 1.92 bits per heavy atom. The third kappa shape index (κ3) is 3.18. The van der Waals surface area contributed by atoms with Gasteiger partial charge in [0.05, 0.1) is 15.7 Å². The predicted molar refractivity (Wildman–Crippen MR) is 111 cm³/mol. The van der Waals surface area contributed by atoms with Gasteiger partial charge in [-0.2, -0.15) is 4.98 Å². The first-order chi connectivity index (χ1) is 12.5. The molecule has 3 heterocycles. The van der Waals surface area contributed by atoms with Crippen LogP contribution in [0, 0.1) is 6.92 Å². The molecule has 1 aliphatic heterocycles. The lowest BCUT2D eigenvalue weighted by Gasteiger charge is -2.20. The topological polar surface area (TPSA) is 67.8 Å². The Morgan fingerprint density at radius 1 is 1.15 bits per heavy atom. The van der Waals surface area contributed by atoms with Gasteiger partial charge in [-0.3, -0.25) is 4.98 Å². The highest BCUT2D eigenvalue weighted by Gasteiger charge is 2.31. The van der Waals surface area contributed by atoms with Gasteiger partial charge in [-0.25, -0.2) is 4.98 Å². The van der Waals surface area contributed by atoms with Gasteiger partial charge < -0.3 is 9.88 Å². The molecule has 8 heteroatoms. The predicted octanol–water partition coefficient (Wildman–Crippen LogP) is 5.05. The number of halogens is 2. The number of benzene rings is 1. The quantitative estimate of drug-likeness (QED) is 0.344. The highest BCUT2D eigenvalue weighted by Crippen LogP contribution is 2.51. The number of allylic oxidation sites excluding steroid dienone is 2. The first-order valence-electron chi connectivity index (χ1n) is 8.05. The summed E-state index contributed by atoms with van der Waals surface area (Å²) in [5.74, 6) is 0.532. The van der Waals surface area contributed by atoms with Crippen LogP contribution in [0.5, 0.6) is 0 Å². The van der Waals surface area contributed by atoms with Crippen molar-refractivity contribution in [1.29, 1.82) is 0 Å². The maximum atomic E-state index is 13.7. The standard InChI is InChI=1S/C18H15BrClN4OP/c1-11-4-5-12-14(22-11)6-7-15(16(12)26(25)8-2-3-9-26)23-17-13(19)10-21-18(20)24-17/h2-7,10H,8-9H2,1H3,(H,21,23,24). The minimum Gasteiger partial charge on any atom is -0.339 e.